The predicted octanol–water partition coefficient (Wildman–Crippen LogP) is -2.29. The summed E-state index contributed by atoms with van der Waals surface area (Å²) in [4.78, 5) is 22.5. The summed E-state index contributed by atoms with van der Waals surface area (Å²) in [5.41, 5.74) is 0. The quantitative estimate of drug-likeness (QED) is 0.263. The molecule has 11 heteroatoms. The van der Waals surface area contributed by atoms with Crippen molar-refractivity contribution in [1.82, 2.24) is 5.39 Å². The number of hydrogen-bond donors (Lipinski definition) is 4. The molecule has 0 aromatic carbocycles. The first-order chi connectivity index (χ1) is 8.08. The van der Waals surface area contributed by atoms with Gasteiger partial charge in [0.1, 0.15) is 0 Å². The van der Waals surface area contributed by atoms with Gasteiger partial charge in [-0.15, -0.1) is 10.1 Å². The zero-order valence-electron chi connectivity index (χ0n) is 8.97. The monoisotopic (exact) mass is 260 g/mol. The van der Waals surface area contributed by atoms with Crippen molar-refractivity contribution < 1.29 is 40.1 Å². The van der Waals surface area contributed by atoms with E-state index in [-0.39, 0.29) is 39.6 Å². The number of hydrogen-bond acceptors (Lipinski definition) is 9. The second-order valence-corrected chi connectivity index (χ2v) is 2.13. The van der Waals surface area contributed by atoms with Crippen molar-refractivity contribution in [2.24, 2.45) is 0 Å². The van der Waals surface area contributed by atoms with Crippen LogP contribution in [0.15, 0.2) is 0 Å². The van der Waals surface area contributed by atoms with E-state index in [9.17, 15) is 0 Å². The second kappa shape index (κ2) is 14.9. The molecule has 0 unspecified atom stereocenters. The topological polar surface area (TPSA) is 155 Å². The highest BCUT2D eigenvalue weighted by atomic mass is 17.2. The minimum absolute atomic E-state index is 0.0108. The fraction of sp³-hybridized carbons (Fsp3) is 1.00. The zero-order chi connectivity index (χ0) is 13.5. The molecule has 0 saturated carbocycles. The molecule has 104 valence electrons. The van der Waals surface area contributed by atoms with Crippen LogP contribution >= 0.6 is 0 Å². The van der Waals surface area contributed by atoms with Crippen molar-refractivity contribution in [2.75, 3.05) is 39.6 Å². The molecule has 0 amide bonds. The summed E-state index contributed by atoms with van der Waals surface area (Å²) in [6.45, 7) is -0.505. The maximum atomic E-state index is 8.40. The number of nitrogens with zero attached hydrogens (tertiary/aromatic N) is 2. The summed E-state index contributed by atoms with van der Waals surface area (Å²) in [5.74, 6) is 0. The maximum Gasteiger partial charge on any atom is 0.291 e. The lowest BCUT2D eigenvalue weighted by atomic mass is 10.8. The summed E-state index contributed by atoms with van der Waals surface area (Å²) in [6.07, 6.45) is 0. The summed E-state index contributed by atoms with van der Waals surface area (Å²) in [7, 11) is 0. The van der Waals surface area contributed by atoms with Gasteiger partial charge in [0.2, 0.25) is 0 Å². The molecule has 0 aliphatic heterocycles. The van der Waals surface area contributed by atoms with Crippen molar-refractivity contribution in [2.45, 2.75) is 0 Å². The van der Waals surface area contributed by atoms with E-state index in [0.717, 1.165) is 0 Å². The van der Waals surface area contributed by atoms with E-state index in [0.29, 0.717) is 5.39 Å². The summed E-state index contributed by atoms with van der Waals surface area (Å²) >= 11 is 0. The molecule has 0 aromatic rings. The van der Waals surface area contributed by atoms with Crippen molar-refractivity contribution in [3.63, 3.8) is 0 Å². The fourth-order valence-corrected chi connectivity index (χ4v) is 0.458. The maximum absolute atomic E-state index is 8.40. The number of aliphatic hydroxyl groups excluding tert-OH is 3. The van der Waals surface area contributed by atoms with Gasteiger partial charge < -0.3 is 20.5 Å². The smallest absolute Gasteiger partial charge is 0.291 e. The van der Waals surface area contributed by atoms with Gasteiger partial charge >= 0.3 is 0 Å². The van der Waals surface area contributed by atoms with Gasteiger partial charge in [-0.1, -0.05) is 0 Å². The van der Waals surface area contributed by atoms with E-state index in [1.807, 2.05) is 0 Å². The molecule has 0 radical (unpaired) electrons. The first-order valence-corrected chi connectivity index (χ1v) is 4.43. The van der Waals surface area contributed by atoms with E-state index in [2.05, 4.69) is 0 Å². The van der Waals surface area contributed by atoms with Gasteiger partial charge in [0.25, 0.3) is 5.09 Å². The Morgan fingerprint density at radius 1 is 0.941 bits per heavy atom. The third-order valence-electron chi connectivity index (χ3n) is 0.864. The van der Waals surface area contributed by atoms with Crippen LogP contribution in [-0.2, 0) is 14.5 Å². The molecule has 0 bridgehead atoms. The molecule has 0 atom stereocenters. The van der Waals surface area contributed by atoms with E-state index in [1.165, 1.54) is 0 Å². The normalized spacial score (nSPS) is 9.88. The Kier molecular flexibility index (Phi) is 16.1. The van der Waals surface area contributed by atoms with Crippen LogP contribution in [0.4, 0.5) is 0 Å². The van der Waals surface area contributed by atoms with E-state index < -0.39 is 5.09 Å². The molecule has 4 N–H and O–H groups in total. The number of rotatable bonds is 9. The predicted molar refractivity (Wildman–Crippen MR) is 49.7 cm³/mol. The number of aliphatic hydroxyl groups is 3. The Morgan fingerprint density at radius 2 is 1.18 bits per heavy atom. The molecule has 0 rings (SSSR count). The third kappa shape index (κ3) is 20.9. The molecule has 0 spiro atoms. The zero-order valence-corrected chi connectivity index (χ0v) is 8.97. The molecule has 0 aromatic heterocycles. The standard InChI is InChI=1S/C6H15NO6.HNO3/c8-1-4-11-7(12-5-2-9)13-6-3-10;2-1(3)4/h8-10H,1-6H2;(H,2,3,4). The van der Waals surface area contributed by atoms with Gasteiger partial charge in [-0.05, 0) is 0 Å². The SMILES string of the molecule is O=[N+]([O-])O.OCCON(OCCO)OCCO. The Bertz CT molecular complexity index is 147. The lowest BCUT2D eigenvalue weighted by Gasteiger charge is -2.17. The minimum atomic E-state index is -1.50. The Labute approximate surface area is 96.3 Å². The van der Waals surface area contributed by atoms with Crippen LogP contribution in [0.25, 0.3) is 0 Å². The largest absolute Gasteiger partial charge is 0.394 e. The Balaban J connectivity index is 0. The van der Waals surface area contributed by atoms with Gasteiger partial charge in [0, 0.05) is 0 Å². The first kappa shape index (κ1) is 18.3. The molecule has 0 fully saturated rings. The third-order valence-corrected chi connectivity index (χ3v) is 0.864. The van der Waals surface area contributed by atoms with Crippen LogP contribution in [0.2, 0.25) is 0 Å². The second-order valence-electron chi connectivity index (χ2n) is 2.13. The average Bonchev–Trinajstić information content (AvgIpc) is 2.27. The molecule has 11 nitrogen and oxygen atoms in total. The van der Waals surface area contributed by atoms with Gasteiger partial charge in [-0.25, -0.2) is 14.5 Å². The molecule has 0 aliphatic rings. The van der Waals surface area contributed by atoms with Gasteiger partial charge in [-0.3, -0.25) is 0 Å². The van der Waals surface area contributed by atoms with Crippen molar-refractivity contribution in [3.05, 3.63) is 10.1 Å². The molecular formula is C6H16N2O9. The first-order valence-electron chi connectivity index (χ1n) is 4.43. The van der Waals surface area contributed by atoms with Gasteiger partial charge in [-0.2, -0.15) is 0 Å². The van der Waals surface area contributed by atoms with Crippen LogP contribution in [0.3, 0.4) is 0 Å². The van der Waals surface area contributed by atoms with Crippen LogP contribution in [0, 0.1) is 10.1 Å². The molecule has 0 heterocycles. The van der Waals surface area contributed by atoms with E-state index >= 15 is 0 Å². The lowest BCUT2D eigenvalue weighted by Crippen LogP contribution is -2.28. The highest BCUT2D eigenvalue weighted by molar-refractivity contribution is 4.19. The van der Waals surface area contributed by atoms with Crippen molar-refractivity contribution in [1.29, 1.82) is 0 Å². The summed E-state index contributed by atoms with van der Waals surface area (Å²) in [5, 5.41) is 39.5. The van der Waals surface area contributed by atoms with Crippen molar-refractivity contribution in [3.8, 4) is 0 Å². The molecule has 17 heavy (non-hydrogen) atoms. The van der Waals surface area contributed by atoms with Gasteiger partial charge in [0.15, 0.2) is 0 Å². The molecule has 0 aliphatic carbocycles. The van der Waals surface area contributed by atoms with Crippen LogP contribution in [0.1, 0.15) is 0 Å². The van der Waals surface area contributed by atoms with Crippen LogP contribution in [0.5, 0.6) is 0 Å². The van der Waals surface area contributed by atoms with Gasteiger partial charge in [0.05, 0.1) is 45.0 Å². The van der Waals surface area contributed by atoms with E-state index in [1.54, 1.807) is 0 Å². The highest BCUT2D eigenvalue weighted by Gasteiger charge is 2.05. The van der Waals surface area contributed by atoms with Crippen LogP contribution < -0.4 is 0 Å². The lowest BCUT2D eigenvalue weighted by molar-refractivity contribution is -0.742. The Morgan fingerprint density at radius 3 is 1.35 bits per heavy atom. The highest BCUT2D eigenvalue weighted by Crippen LogP contribution is 1.93. The summed E-state index contributed by atoms with van der Waals surface area (Å²) < 4.78 is 0. The fourth-order valence-electron chi connectivity index (χ4n) is 0.458. The average molecular weight is 260 g/mol. The molecular weight excluding hydrogens is 244 g/mol. The van der Waals surface area contributed by atoms with Crippen molar-refractivity contribution >= 4 is 0 Å². The minimum Gasteiger partial charge on any atom is -0.394 e. The Hall–Kier alpha value is -1.08. The van der Waals surface area contributed by atoms with E-state index in [4.69, 9.17) is 45.2 Å². The summed E-state index contributed by atoms with van der Waals surface area (Å²) in [6, 6.07) is 0. The van der Waals surface area contributed by atoms with Crippen LogP contribution in [-0.4, -0.2) is 70.6 Å². The molecule has 0 saturated heterocycles.